The van der Waals surface area contributed by atoms with Gasteiger partial charge in [0.1, 0.15) is 11.6 Å². The molecule has 5 nitrogen and oxygen atoms in total. The van der Waals surface area contributed by atoms with E-state index in [2.05, 4.69) is 0 Å². The summed E-state index contributed by atoms with van der Waals surface area (Å²) < 4.78 is 55.6. The van der Waals surface area contributed by atoms with Crippen molar-refractivity contribution in [3.05, 3.63) is 112 Å². The van der Waals surface area contributed by atoms with Gasteiger partial charge in [0.25, 0.3) is 0 Å². The molecule has 0 N–H and O–H groups in total. The zero-order valence-electron chi connectivity index (χ0n) is 22.2. The van der Waals surface area contributed by atoms with Crippen LogP contribution in [0.5, 0.6) is 0 Å². The number of nitrogens with zero attached hydrogens (tertiary/aromatic N) is 3. The predicted molar refractivity (Wildman–Crippen MR) is 143 cm³/mol. The van der Waals surface area contributed by atoms with Gasteiger partial charge in [0.2, 0.25) is 5.91 Å². The topological polar surface area (TPSA) is 55.2 Å². The van der Waals surface area contributed by atoms with Crippen molar-refractivity contribution in [3.63, 3.8) is 0 Å². The predicted octanol–water partition coefficient (Wildman–Crippen LogP) is 7.03. The number of benzene rings is 3. The number of rotatable bonds is 6. The summed E-state index contributed by atoms with van der Waals surface area (Å²) in [6.07, 6.45) is -4.93. The van der Waals surface area contributed by atoms with Crippen LogP contribution < -0.4 is 4.90 Å². The van der Waals surface area contributed by atoms with E-state index in [1.54, 1.807) is 21.7 Å². The molecular formula is C31H27F4N3O2. The molecule has 40 heavy (non-hydrogen) atoms. The Morgan fingerprint density at radius 2 is 1.65 bits per heavy atom. The number of carbonyl (C=O) groups excluding carboxylic acids is 2. The molecule has 0 fully saturated rings. The van der Waals surface area contributed by atoms with Gasteiger partial charge in [-0.15, -0.1) is 0 Å². The van der Waals surface area contributed by atoms with Crippen molar-refractivity contribution in [2.24, 2.45) is 5.92 Å². The number of halogens is 4. The van der Waals surface area contributed by atoms with E-state index >= 15 is 0 Å². The van der Waals surface area contributed by atoms with Gasteiger partial charge in [0.15, 0.2) is 5.78 Å². The second kappa shape index (κ2) is 10.4. The zero-order valence-corrected chi connectivity index (χ0v) is 22.2. The first-order chi connectivity index (χ1) is 19.0. The van der Waals surface area contributed by atoms with Gasteiger partial charge < -0.3 is 0 Å². The molecule has 1 aromatic heterocycles. The van der Waals surface area contributed by atoms with Gasteiger partial charge in [0, 0.05) is 30.0 Å². The third kappa shape index (κ3) is 4.92. The molecule has 0 unspecified atom stereocenters. The molecule has 9 heteroatoms. The largest absolute Gasteiger partial charge is 0.416 e. The van der Waals surface area contributed by atoms with Crippen LogP contribution in [0.4, 0.5) is 23.4 Å². The number of carbonyl (C=O) groups is 2. The number of hydrogen-bond acceptors (Lipinski definition) is 3. The highest BCUT2D eigenvalue weighted by Crippen LogP contribution is 2.47. The molecular weight excluding hydrogens is 522 g/mol. The molecule has 0 spiro atoms. The summed E-state index contributed by atoms with van der Waals surface area (Å²) in [6.45, 7) is 5.88. The summed E-state index contributed by atoms with van der Waals surface area (Å²) in [7, 11) is 0. The minimum Gasteiger partial charge on any atom is -0.296 e. The van der Waals surface area contributed by atoms with Crippen LogP contribution >= 0.6 is 0 Å². The van der Waals surface area contributed by atoms with E-state index in [-0.39, 0.29) is 24.4 Å². The Balaban J connectivity index is 1.65. The van der Waals surface area contributed by atoms with Crippen LogP contribution in [-0.2, 0) is 11.0 Å². The van der Waals surface area contributed by atoms with Crippen LogP contribution in [0, 0.1) is 25.6 Å². The lowest BCUT2D eigenvalue weighted by atomic mass is 9.74. The number of anilines is 1. The first-order valence-corrected chi connectivity index (χ1v) is 12.9. The second-order valence-electron chi connectivity index (χ2n) is 9.99. The van der Waals surface area contributed by atoms with Gasteiger partial charge in [-0.3, -0.25) is 14.5 Å². The normalized spacial score (nSPS) is 17.2. The van der Waals surface area contributed by atoms with Crippen LogP contribution in [0.1, 0.15) is 57.6 Å². The third-order valence-corrected chi connectivity index (χ3v) is 7.37. The monoisotopic (exact) mass is 549 g/mol. The highest BCUT2D eigenvalue weighted by molar-refractivity contribution is 6.04. The van der Waals surface area contributed by atoms with Crippen molar-refractivity contribution in [2.45, 2.75) is 39.3 Å². The number of fused-ring (bicyclic) bond motifs is 1. The summed E-state index contributed by atoms with van der Waals surface area (Å²) in [4.78, 5) is 29.1. The van der Waals surface area contributed by atoms with Gasteiger partial charge >= 0.3 is 6.18 Å². The molecule has 5 rings (SSSR count). The van der Waals surface area contributed by atoms with Crippen molar-refractivity contribution in [1.29, 1.82) is 0 Å². The molecule has 4 aromatic rings. The smallest absolute Gasteiger partial charge is 0.296 e. The summed E-state index contributed by atoms with van der Waals surface area (Å²) in [6, 6.07) is 17.6. The van der Waals surface area contributed by atoms with Crippen LogP contribution in [0.3, 0.4) is 0 Å². The highest BCUT2D eigenvalue weighted by atomic mass is 19.4. The number of hydrogen-bond donors (Lipinski definition) is 0. The van der Waals surface area contributed by atoms with Gasteiger partial charge in [-0.1, -0.05) is 42.0 Å². The summed E-state index contributed by atoms with van der Waals surface area (Å²) in [5.74, 6) is -2.43. The number of alkyl halides is 3. The fraction of sp³-hybridized carbons (Fsp3) is 0.258. The molecule has 3 aromatic carbocycles. The lowest BCUT2D eigenvalue weighted by Crippen LogP contribution is -2.45. The average molecular weight is 550 g/mol. The quantitative estimate of drug-likeness (QED) is 0.192. The van der Waals surface area contributed by atoms with E-state index in [1.165, 1.54) is 24.3 Å². The van der Waals surface area contributed by atoms with Crippen LogP contribution in [0.2, 0.25) is 0 Å². The molecule has 1 aliphatic heterocycles. The first kappa shape index (κ1) is 27.3. The molecule has 0 saturated heterocycles. The average Bonchev–Trinajstić information content (AvgIpc) is 3.26. The van der Waals surface area contributed by atoms with Crippen LogP contribution in [-0.4, -0.2) is 28.0 Å². The van der Waals surface area contributed by atoms with Crippen molar-refractivity contribution < 1.29 is 27.2 Å². The van der Waals surface area contributed by atoms with Crippen molar-refractivity contribution in [3.8, 4) is 5.69 Å². The molecule has 206 valence electrons. The third-order valence-electron chi connectivity index (χ3n) is 7.37. The van der Waals surface area contributed by atoms with Crippen molar-refractivity contribution in [2.75, 3.05) is 11.4 Å². The van der Waals surface area contributed by atoms with Gasteiger partial charge in [0.05, 0.1) is 22.9 Å². The van der Waals surface area contributed by atoms with E-state index in [0.717, 1.165) is 28.9 Å². The van der Waals surface area contributed by atoms with Gasteiger partial charge in [-0.05, 0) is 62.7 Å². The Labute approximate surface area is 229 Å². The maximum atomic E-state index is 14.1. The Morgan fingerprint density at radius 1 is 0.975 bits per heavy atom. The van der Waals surface area contributed by atoms with E-state index in [9.17, 15) is 27.2 Å². The number of amides is 1. The minimum absolute atomic E-state index is 0.124. The van der Waals surface area contributed by atoms with E-state index in [1.807, 2.05) is 45.0 Å². The fourth-order valence-corrected chi connectivity index (χ4v) is 5.43. The Hall–Kier alpha value is -4.27. The SMILES string of the molecule is CCN1C(=O)[C@@H](CC(=O)c2cccc(C(F)(F)F)c2)[C@@H](c2ccc(F)cc2)c2c(C)nn(-c3ccc(C)cc3)c21. The number of ketones is 1. The Morgan fingerprint density at radius 3 is 2.27 bits per heavy atom. The van der Waals surface area contributed by atoms with Gasteiger partial charge in [-0.2, -0.15) is 18.3 Å². The summed E-state index contributed by atoms with van der Waals surface area (Å²) in [5, 5.41) is 4.77. The summed E-state index contributed by atoms with van der Waals surface area (Å²) >= 11 is 0. The van der Waals surface area contributed by atoms with Crippen molar-refractivity contribution >= 4 is 17.5 Å². The van der Waals surface area contributed by atoms with Gasteiger partial charge in [-0.25, -0.2) is 9.07 Å². The van der Waals surface area contributed by atoms with E-state index in [4.69, 9.17) is 5.10 Å². The first-order valence-electron chi connectivity index (χ1n) is 12.9. The molecule has 2 heterocycles. The zero-order chi connectivity index (χ0) is 28.8. The second-order valence-corrected chi connectivity index (χ2v) is 9.99. The molecule has 0 bridgehead atoms. The van der Waals surface area contributed by atoms with Crippen LogP contribution in [0.15, 0.2) is 72.8 Å². The lowest BCUT2D eigenvalue weighted by molar-refractivity contribution is -0.137. The van der Waals surface area contributed by atoms with E-state index < -0.39 is 35.2 Å². The molecule has 0 aliphatic carbocycles. The number of aryl methyl sites for hydroxylation is 2. The fourth-order valence-electron chi connectivity index (χ4n) is 5.43. The molecule has 0 saturated carbocycles. The number of Topliss-reactive ketones (excluding diaryl/α,β-unsaturated/α-hetero) is 1. The summed E-state index contributed by atoms with van der Waals surface area (Å²) in [5.41, 5.74) is 2.71. The molecule has 1 amide bonds. The Kier molecular flexibility index (Phi) is 7.08. The standard InChI is InChI=1S/C31H27F4N3O2/c1-4-37-29-27(19(3)36-38(29)24-14-8-18(2)9-15-24)28(20-10-12-23(32)13-11-20)25(30(37)40)17-26(39)21-6-5-7-22(16-21)31(33,34)35/h5-16,25,28H,4,17H2,1-3H3/t25-,28+/m0/s1. The van der Waals surface area contributed by atoms with Crippen molar-refractivity contribution in [1.82, 2.24) is 9.78 Å². The Bertz CT molecular complexity index is 1570. The van der Waals surface area contributed by atoms with Crippen LogP contribution in [0.25, 0.3) is 5.69 Å². The minimum atomic E-state index is -4.61. The lowest BCUT2D eigenvalue weighted by Gasteiger charge is -2.38. The molecule has 0 radical (unpaired) electrons. The maximum absolute atomic E-state index is 14.1. The number of aromatic nitrogens is 2. The van der Waals surface area contributed by atoms with E-state index in [0.29, 0.717) is 17.1 Å². The molecule has 2 atom stereocenters. The maximum Gasteiger partial charge on any atom is 0.416 e. The highest BCUT2D eigenvalue weighted by Gasteiger charge is 2.45. The molecule has 1 aliphatic rings.